The van der Waals surface area contributed by atoms with Crippen molar-refractivity contribution >= 4 is 77.8 Å². The van der Waals surface area contributed by atoms with Gasteiger partial charge in [-0.15, -0.1) is 23.1 Å². The standard InChI is InChI=1S/C11H13NO2.C8H8O.C7H14Si.C6H11ClO.C6H12OS.C5H8O.2C3H6O/c1-9(13)8-12(2)11(14)10-6-4-3-5-7-10;1-7(9)8-5-3-2-4-6-8;1-5-6-7-8(2,3)4;1-5(8)6(2,3)4-7;1-5(4-8-3)6(2)7;1-4(6)5-2-3-5;2*1-3(2)4/h3-7H,8H2,1-2H3;2-6H,1H3;5H2,1-4H3;4H2,1-3H3;5H,4H2,1-3H3;5H,2-3H2,1H3;2*1-2H3. The molecule has 0 radical (unpaired) electrons. The molecule has 0 N–H and O–H groups in total. The topological polar surface area (TPSA) is 140 Å². The maximum absolute atomic E-state index is 11.7. The fourth-order valence-electron chi connectivity index (χ4n) is 3.18. The molecular formula is C49H78ClNO8SSi. The third-order valence-electron chi connectivity index (χ3n) is 7.20. The molecule has 2 aromatic rings. The zero-order chi connectivity index (χ0) is 48.9. The van der Waals surface area contributed by atoms with Gasteiger partial charge in [0.15, 0.2) is 5.78 Å². The lowest BCUT2D eigenvalue weighted by Crippen LogP contribution is -2.30. The first-order valence-corrected chi connectivity index (χ1v) is 25.7. The van der Waals surface area contributed by atoms with Crippen LogP contribution in [0.1, 0.15) is 130 Å². The van der Waals surface area contributed by atoms with E-state index >= 15 is 0 Å². The average Bonchev–Trinajstić information content (AvgIpc) is 4.01. The maximum Gasteiger partial charge on any atom is 0.253 e. The lowest BCUT2D eigenvalue weighted by molar-refractivity contribution is -0.124. The quantitative estimate of drug-likeness (QED) is 0.0986. The van der Waals surface area contributed by atoms with Crippen LogP contribution >= 0.6 is 23.4 Å². The number of Topliss-reactive ketones (excluding diaryl/α,β-unsaturated/α-hetero) is 7. The van der Waals surface area contributed by atoms with Gasteiger partial charge in [0.1, 0.15) is 42.8 Å². The fourth-order valence-corrected chi connectivity index (χ4v) is 4.81. The van der Waals surface area contributed by atoms with Gasteiger partial charge in [0, 0.05) is 53.5 Å². The monoisotopic (exact) mass is 903 g/mol. The van der Waals surface area contributed by atoms with Crippen LogP contribution in [0.15, 0.2) is 60.7 Å². The molecule has 0 spiro atoms. The highest BCUT2D eigenvalue weighted by Crippen LogP contribution is 2.29. The number of carbonyl (C=O) groups is 8. The highest BCUT2D eigenvalue weighted by Gasteiger charge is 2.25. The molecule has 1 amide bonds. The minimum absolute atomic E-state index is 0.0169. The minimum Gasteiger partial charge on any atom is -0.334 e. The lowest BCUT2D eigenvalue weighted by Gasteiger charge is -2.15. The van der Waals surface area contributed by atoms with Gasteiger partial charge < -0.3 is 14.5 Å². The molecule has 2 aromatic carbocycles. The van der Waals surface area contributed by atoms with Gasteiger partial charge in [-0.3, -0.25) is 28.8 Å². The first-order valence-electron chi connectivity index (χ1n) is 20.3. The molecule has 1 aliphatic carbocycles. The average molecular weight is 905 g/mol. The highest BCUT2D eigenvalue weighted by atomic mass is 35.5. The first-order chi connectivity index (χ1) is 27.9. The molecule has 0 heterocycles. The number of alkyl halides is 1. The zero-order valence-corrected chi connectivity index (χ0v) is 43.2. The van der Waals surface area contributed by atoms with Gasteiger partial charge in [-0.1, -0.05) is 95.9 Å². The van der Waals surface area contributed by atoms with E-state index in [2.05, 4.69) is 38.0 Å². The van der Waals surface area contributed by atoms with Crippen LogP contribution in [0.25, 0.3) is 0 Å². The van der Waals surface area contributed by atoms with E-state index in [1.807, 2.05) is 63.4 Å². The smallest absolute Gasteiger partial charge is 0.253 e. The Balaban J connectivity index is -0.000000202. The van der Waals surface area contributed by atoms with Crippen LogP contribution in [0, 0.1) is 28.7 Å². The van der Waals surface area contributed by atoms with Crippen molar-refractivity contribution in [1.82, 2.24) is 4.90 Å². The van der Waals surface area contributed by atoms with Crippen LogP contribution in [-0.2, 0) is 28.8 Å². The Hall–Kier alpha value is -3.98. The second kappa shape index (κ2) is 38.9. The summed E-state index contributed by atoms with van der Waals surface area (Å²) < 4.78 is 0. The Kier molecular flexibility index (Phi) is 42.2. The Morgan fingerprint density at radius 2 is 1.16 bits per heavy atom. The molecule has 0 aliphatic heterocycles. The van der Waals surface area contributed by atoms with Gasteiger partial charge in [0.05, 0.1) is 6.54 Å². The summed E-state index contributed by atoms with van der Waals surface area (Å²) >= 11 is 7.18. The summed E-state index contributed by atoms with van der Waals surface area (Å²) in [5, 5.41) is 0. The molecule has 1 saturated carbocycles. The SMILES string of the molecule is CC(=O)C(C)(C)CCl.CC(=O)C1CC1.CC(=O)CN(C)C(=O)c1ccccc1.CC(=O)c1ccccc1.CC(C)=O.CC(C)=O.CCC#C[Si](C)(C)C.CSCC(C)C(C)=O. The Labute approximate surface area is 380 Å². The normalized spacial score (nSPS) is 11.0. The number of nitrogens with zero attached hydrogens (tertiary/aromatic N) is 1. The van der Waals surface area contributed by atoms with Crippen molar-refractivity contribution in [1.29, 1.82) is 0 Å². The number of carbonyl (C=O) groups excluding carboxylic acids is 8. The van der Waals surface area contributed by atoms with Gasteiger partial charge in [-0.05, 0) is 93.5 Å². The van der Waals surface area contributed by atoms with Crippen molar-refractivity contribution < 1.29 is 38.4 Å². The van der Waals surface area contributed by atoms with Gasteiger partial charge >= 0.3 is 0 Å². The van der Waals surface area contributed by atoms with Crippen LogP contribution in [0.3, 0.4) is 0 Å². The fraction of sp³-hybridized carbons (Fsp3) is 0.551. The Morgan fingerprint density at radius 3 is 1.33 bits per heavy atom. The molecule has 61 heavy (non-hydrogen) atoms. The number of benzene rings is 2. The molecule has 0 saturated heterocycles. The second-order valence-electron chi connectivity index (χ2n) is 16.3. The molecular weight excluding hydrogens is 826 g/mol. The van der Waals surface area contributed by atoms with Crippen LogP contribution in [0.2, 0.25) is 19.6 Å². The third-order valence-corrected chi connectivity index (χ3v) is 9.63. The molecule has 1 atom stereocenters. The molecule has 3 rings (SSSR count). The van der Waals surface area contributed by atoms with Crippen LogP contribution in [0.4, 0.5) is 0 Å². The van der Waals surface area contributed by atoms with E-state index in [9.17, 15) is 38.4 Å². The van der Waals surface area contributed by atoms with Gasteiger partial charge in [-0.2, -0.15) is 11.8 Å². The van der Waals surface area contributed by atoms with Crippen molar-refractivity contribution in [2.24, 2.45) is 17.3 Å². The summed E-state index contributed by atoms with van der Waals surface area (Å²) in [5.41, 5.74) is 4.31. The van der Waals surface area contributed by atoms with Gasteiger partial charge in [0.25, 0.3) is 5.91 Å². The molecule has 1 aliphatic rings. The van der Waals surface area contributed by atoms with Crippen molar-refractivity contribution in [3.05, 3.63) is 71.8 Å². The van der Waals surface area contributed by atoms with Crippen LogP contribution in [0.5, 0.6) is 0 Å². The minimum atomic E-state index is -1.04. The number of hydrogen-bond donors (Lipinski definition) is 0. The number of amides is 1. The van der Waals surface area contributed by atoms with Crippen LogP contribution < -0.4 is 0 Å². The Morgan fingerprint density at radius 1 is 0.770 bits per heavy atom. The van der Waals surface area contributed by atoms with Crippen LogP contribution in [-0.4, -0.2) is 90.8 Å². The molecule has 0 aromatic heterocycles. The lowest BCUT2D eigenvalue weighted by atomic mass is 9.92. The summed E-state index contributed by atoms with van der Waals surface area (Å²) in [6, 6.07) is 18.1. The molecule has 12 heteroatoms. The predicted molar refractivity (Wildman–Crippen MR) is 261 cm³/mol. The molecule has 0 bridgehead atoms. The van der Waals surface area contributed by atoms with E-state index in [-0.39, 0.29) is 52.7 Å². The predicted octanol–water partition coefficient (Wildman–Crippen LogP) is 11.1. The second-order valence-corrected chi connectivity index (χ2v) is 22.2. The van der Waals surface area contributed by atoms with E-state index in [0.29, 0.717) is 28.9 Å². The van der Waals surface area contributed by atoms with Crippen molar-refractivity contribution in [2.75, 3.05) is 31.5 Å². The number of halogens is 1. The molecule has 1 unspecified atom stereocenters. The largest absolute Gasteiger partial charge is 0.334 e. The number of thioether (sulfide) groups is 1. The summed E-state index contributed by atoms with van der Waals surface area (Å²) in [6.07, 6.45) is 5.31. The summed E-state index contributed by atoms with van der Waals surface area (Å²) in [6.45, 7) is 28.7. The number of likely N-dealkylation sites (N-methyl/N-ethyl adjacent to an activating group) is 1. The van der Waals surface area contributed by atoms with E-state index in [4.69, 9.17) is 11.6 Å². The van der Waals surface area contributed by atoms with E-state index in [0.717, 1.165) is 30.6 Å². The number of ketones is 7. The van der Waals surface area contributed by atoms with E-state index in [1.165, 1.54) is 39.5 Å². The number of hydrogen-bond acceptors (Lipinski definition) is 9. The summed E-state index contributed by atoms with van der Waals surface area (Å²) in [5.74, 6) is 6.28. The third kappa shape index (κ3) is 52.1. The molecule has 9 nitrogen and oxygen atoms in total. The molecule has 344 valence electrons. The summed E-state index contributed by atoms with van der Waals surface area (Å²) in [4.78, 5) is 84.7. The summed E-state index contributed by atoms with van der Waals surface area (Å²) in [7, 11) is 0.582. The van der Waals surface area contributed by atoms with Crippen molar-refractivity contribution in [3.63, 3.8) is 0 Å². The van der Waals surface area contributed by atoms with Gasteiger partial charge in [0.2, 0.25) is 0 Å². The molecule has 1 fully saturated rings. The first kappa shape index (κ1) is 66.1. The van der Waals surface area contributed by atoms with Gasteiger partial charge in [-0.25, -0.2) is 0 Å². The van der Waals surface area contributed by atoms with E-state index in [1.54, 1.807) is 70.8 Å². The number of rotatable bonds is 10. The van der Waals surface area contributed by atoms with E-state index < -0.39 is 8.07 Å². The zero-order valence-electron chi connectivity index (χ0n) is 40.7. The van der Waals surface area contributed by atoms with Crippen molar-refractivity contribution in [2.45, 2.75) is 129 Å². The maximum atomic E-state index is 11.7. The van der Waals surface area contributed by atoms with Crippen molar-refractivity contribution in [3.8, 4) is 11.5 Å². The Bertz CT molecular complexity index is 1620. The highest BCUT2D eigenvalue weighted by molar-refractivity contribution is 7.98.